The molecule has 0 amide bonds. The van der Waals surface area contributed by atoms with Gasteiger partial charge < -0.3 is 4.90 Å². The highest BCUT2D eigenvalue weighted by atomic mass is 35.5. The van der Waals surface area contributed by atoms with Crippen LogP contribution in [0.4, 0.5) is 5.82 Å². The van der Waals surface area contributed by atoms with Crippen molar-refractivity contribution in [2.24, 2.45) is 5.92 Å². The lowest BCUT2D eigenvalue weighted by Gasteiger charge is -2.48. The van der Waals surface area contributed by atoms with Gasteiger partial charge in [0.15, 0.2) is 0 Å². The number of nitriles is 1. The lowest BCUT2D eigenvalue weighted by atomic mass is 9.96. The number of piperazine rings is 1. The number of anilines is 1. The van der Waals surface area contributed by atoms with Crippen molar-refractivity contribution >= 4 is 17.4 Å². The molecule has 2 saturated carbocycles. The molecule has 0 radical (unpaired) electrons. The minimum absolute atomic E-state index is 0.161. The van der Waals surface area contributed by atoms with Gasteiger partial charge in [-0.05, 0) is 76.1 Å². The summed E-state index contributed by atoms with van der Waals surface area (Å²) in [5.74, 6) is 2.12. The molecule has 6 heteroatoms. The Bertz CT molecular complexity index is 1030. The summed E-state index contributed by atoms with van der Waals surface area (Å²) in [5, 5.41) is 10.5. The largest absolute Gasteiger partial charge is 0.353 e. The van der Waals surface area contributed by atoms with Crippen LogP contribution in [0.3, 0.4) is 0 Å². The third kappa shape index (κ3) is 4.16. The molecule has 0 N–H and O–H groups in total. The normalized spacial score (nSPS) is 22.4. The highest BCUT2D eigenvalue weighted by molar-refractivity contribution is 6.29. The average molecular weight is 436 g/mol. The molecule has 5 nitrogen and oxygen atoms in total. The van der Waals surface area contributed by atoms with E-state index < -0.39 is 0 Å². The Hall–Kier alpha value is -2.16. The van der Waals surface area contributed by atoms with Gasteiger partial charge in [-0.25, -0.2) is 9.97 Å². The first-order valence-electron chi connectivity index (χ1n) is 11.4. The molecule has 3 aliphatic rings. The van der Waals surface area contributed by atoms with Gasteiger partial charge in [0, 0.05) is 48.9 Å². The summed E-state index contributed by atoms with van der Waals surface area (Å²) in [6.45, 7) is 9.82. The zero-order chi connectivity index (χ0) is 21.8. The van der Waals surface area contributed by atoms with Crippen molar-refractivity contribution in [1.29, 1.82) is 5.26 Å². The Morgan fingerprint density at radius 1 is 1.13 bits per heavy atom. The Kier molecular flexibility index (Phi) is 5.19. The summed E-state index contributed by atoms with van der Waals surface area (Å²) >= 11 is 6.16. The molecule has 0 aromatic carbocycles. The summed E-state index contributed by atoms with van der Waals surface area (Å²) in [4.78, 5) is 14.3. The van der Waals surface area contributed by atoms with Gasteiger partial charge in [0.05, 0.1) is 11.3 Å². The van der Waals surface area contributed by atoms with Gasteiger partial charge in [0.1, 0.15) is 17.0 Å². The minimum Gasteiger partial charge on any atom is -0.353 e. The van der Waals surface area contributed by atoms with E-state index in [0.29, 0.717) is 22.7 Å². The highest BCUT2D eigenvalue weighted by Crippen LogP contribution is 2.46. The lowest BCUT2D eigenvalue weighted by molar-refractivity contribution is 0.0590. The van der Waals surface area contributed by atoms with Crippen molar-refractivity contribution in [3.63, 3.8) is 0 Å². The van der Waals surface area contributed by atoms with Gasteiger partial charge in [-0.3, -0.25) is 4.90 Å². The number of hydrogen-bond acceptors (Lipinski definition) is 5. The van der Waals surface area contributed by atoms with Gasteiger partial charge in [0.25, 0.3) is 0 Å². The van der Waals surface area contributed by atoms with E-state index in [1.54, 1.807) is 6.20 Å². The molecule has 31 heavy (non-hydrogen) atoms. The standard InChI is InChI=1S/C25H30ClN5/c1-25(2,3)31-11-10-30(15-21(31)16-4-5-16)24-19(14-27)12-20(23(29-24)17-6-7-17)18-8-9-28-22(26)13-18/h8-9,12-13,16-17,21H,4-7,10-11,15H2,1-3H3/t21-/m0/s1. The number of rotatable bonds is 4. The van der Waals surface area contributed by atoms with Crippen LogP contribution in [-0.2, 0) is 0 Å². The fraction of sp³-hybridized carbons (Fsp3) is 0.560. The van der Waals surface area contributed by atoms with Crippen LogP contribution in [-0.4, -0.2) is 46.1 Å². The maximum atomic E-state index is 10.0. The van der Waals surface area contributed by atoms with Crippen LogP contribution < -0.4 is 4.90 Å². The molecular formula is C25H30ClN5. The van der Waals surface area contributed by atoms with E-state index in [0.717, 1.165) is 61.0 Å². The Balaban J connectivity index is 1.52. The predicted octanol–water partition coefficient (Wildman–Crippen LogP) is 5.25. The Morgan fingerprint density at radius 3 is 2.52 bits per heavy atom. The van der Waals surface area contributed by atoms with Crippen LogP contribution in [0.15, 0.2) is 24.4 Å². The minimum atomic E-state index is 0.161. The molecule has 1 saturated heterocycles. The monoisotopic (exact) mass is 435 g/mol. The zero-order valence-corrected chi connectivity index (χ0v) is 19.4. The molecule has 2 aliphatic carbocycles. The van der Waals surface area contributed by atoms with Gasteiger partial charge in [0.2, 0.25) is 0 Å². The fourth-order valence-electron chi connectivity index (χ4n) is 5.03. The molecule has 2 aromatic rings. The van der Waals surface area contributed by atoms with Crippen LogP contribution >= 0.6 is 11.6 Å². The predicted molar refractivity (Wildman–Crippen MR) is 124 cm³/mol. The molecule has 0 bridgehead atoms. The van der Waals surface area contributed by atoms with Gasteiger partial charge in [-0.2, -0.15) is 5.26 Å². The van der Waals surface area contributed by atoms with E-state index in [4.69, 9.17) is 16.6 Å². The van der Waals surface area contributed by atoms with Crippen LogP contribution in [0.1, 0.15) is 63.6 Å². The number of halogens is 1. The van der Waals surface area contributed by atoms with Crippen molar-refractivity contribution in [3.05, 3.63) is 40.8 Å². The summed E-state index contributed by atoms with van der Waals surface area (Å²) in [6, 6.07) is 8.83. The number of aromatic nitrogens is 2. The van der Waals surface area contributed by atoms with Gasteiger partial charge in [-0.1, -0.05) is 11.6 Å². The zero-order valence-electron chi connectivity index (χ0n) is 18.6. The smallest absolute Gasteiger partial charge is 0.146 e. The second-order valence-electron chi connectivity index (χ2n) is 10.3. The van der Waals surface area contributed by atoms with E-state index in [1.165, 1.54) is 12.8 Å². The molecule has 3 fully saturated rings. The molecule has 3 heterocycles. The maximum Gasteiger partial charge on any atom is 0.146 e. The first kappa shape index (κ1) is 20.7. The first-order valence-corrected chi connectivity index (χ1v) is 11.8. The maximum absolute atomic E-state index is 10.0. The second kappa shape index (κ2) is 7.76. The molecule has 2 aromatic heterocycles. The lowest BCUT2D eigenvalue weighted by Crippen LogP contribution is -2.60. The Morgan fingerprint density at radius 2 is 1.90 bits per heavy atom. The number of nitrogens with zero attached hydrogens (tertiary/aromatic N) is 5. The van der Waals surface area contributed by atoms with E-state index in [-0.39, 0.29) is 5.54 Å². The third-order valence-corrected chi connectivity index (χ3v) is 7.11. The fourth-order valence-corrected chi connectivity index (χ4v) is 5.20. The second-order valence-corrected chi connectivity index (χ2v) is 10.6. The molecule has 5 rings (SSSR count). The molecule has 0 spiro atoms. The quantitative estimate of drug-likeness (QED) is 0.614. The van der Waals surface area contributed by atoms with Crippen molar-refractivity contribution in [1.82, 2.24) is 14.9 Å². The first-order chi connectivity index (χ1) is 14.8. The summed E-state index contributed by atoms with van der Waals surface area (Å²) < 4.78 is 0. The van der Waals surface area contributed by atoms with Crippen LogP contribution in [0.2, 0.25) is 5.15 Å². The van der Waals surface area contributed by atoms with Crippen LogP contribution in [0.25, 0.3) is 11.1 Å². The molecule has 1 atom stereocenters. The van der Waals surface area contributed by atoms with Gasteiger partial charge >= 0.3 is 0 Å². The molecule has 162 valence electrons. The highest BCUT2D eigenvalue weighted by Gasteiger charge is 2.43. The third-order valence-electron chi connectivity index (χ3n) is 6.90. The van der Waals surface area contributed by atoms with E-state index in [9.17, 15) is 5.26 Å². The van der Waals surface area contributed by atoms with E-state index >= 15 is 0 Å². The van der Waals surface area contributed by atoms with Crippen molar-refractivity contribution in [2.75, 3.05) is 24.5 Å². The van der Waals surface area contributed by atoms with Gasteiger partial charge in [-0.15, -0.1) is 0 Å². The SMILES string of the molecule is CC(C)(C)N1CCN(c2nc(C3CC3)c(-c3ccnc(Cl)c3)cc2C#N)C[C@H]1C1CC1. The van der Waals surface area contributed by atoms with Crippen LogP contribution in [0, 0.1) is 17.2 Å². The molecular weight excluding hydrogens is 406 g/mol. The summed E-state index contributed by atoms with van der Waals surface area (Å²) in [6.07, 6.45) is 6.68. The molecule has 1 aliphatic heterocycles. The van der Waals surface area contributed by atoms with Crippen LogP contribution in [0.5, 0.6) is 0 Å². The van der Waals surface area contributed by atoms with Crippen molar-refractivity contribution < 1.29 is 0 Å². The Labute approximate surface area is 190 Å². The number of pyridine rings is 2. The molecule has 0 unspecified atom stereocenters. The summed E-state index contributed by atoms with van der Waals surface area (Å²) in [5.41, 5.74) is 3.95. The van der Waals surface area contributed by atoms with Crippen molar-refractivity contribution in [3.8, 4) is 17.2 Å². The van der Waals surface area contributed by atoms with E-state index in [1.807, 2.05) is 18.2 Å². The topological polar surface area (TPSA) is 56.1 Å². The summed E-state index contributed by atoms with van der Waals surface area (Å²) in [7, 11) is 0. The van der Waals surface area contributed by atoms with E-state index in [2.05, 4.69) is 41.6 Å². The average Bonchev–Trinajstić information content (AvgIpc) is 3.64. The number of hydrogen-bond donors (Lipinski definition) is 0. The van der Waals surface area contributed by atoms with Crippen molar-refractivity contribution in [2.45, 2.75) is 64.0 Å².